The Kier molecular flexibility index (Phi) is 7.71. The molecule has 0 aliphatic rings. The summed E-state index contributed by atoms with van der Waals surface area (Å²) in [5, 5.41) is 17.0. The molecule has 0 saturated carbocycles. The number of halogens is 3. The fourth-order valence-electron chi connectivity index (χ4n) is 3.77. The fraction of sp³-hybridized carbons (Fsp3) is 0.185. The van der Waals surface area contributed by atoms with E-state index in [-0.39, 0.29) is 29.0 Å². The van der Waals surface area contributed by atoms with E-state index in [9.17, 15) is 28.0 Å². The standard InChI is InChI=1S/C27H21F3N4O5/c1-3-37-25(35)21-14-34-24(16(21)2)23(18(12-31)13-32-34)33-19-9-10-22(39-20-7-5-4-6-8-20)17(11-19)15-38-26(36)27(28,29)30/h4-11,13-14,33H,3,15H2,1-2H3. The number of rotatable bonds is 8. The molecule has 0 spiro atoms. The molecule has 12 heteroatoms. The quantitative estimate of drug-likeness (QED) is 0.279. The molecule has 0 aliphatic carbocycles. The predicted molar refractivity (Wildman–Crippen MR) is 133 cm³/mol. The number of esters is 2. The van der Waals surface area contributed by atoms with Crippen LogP contribution in [0.3, 0.4) is 0 Å². The van der Waals surface area contributed by atoms with Gasteiger partial charge in [-0.3, -0.25) is 0 Å². The molecular formula is C27H21F3N4O5. The molecule has 0 amide bonds. The zero-order chi connectivity index (χ0) is 28.2. The van der Waals surface area contributed by atoms with Crippen molar-refractivity contribution < 1.29 is 37.0 Å². The molecule has 9 nitrogen and oxygen atoms in total. The molecule has 0 atom stereocenters. The van der Waals surface area contributed by atoms with Crippen molar-refractivity contribution in [1.82, 2.24) is 9.61 Å². The molecule has 1 N–H and O–H groups in total. The Morgan fingerprint density at radius 3 is 2.54 bits per heavy atom. The minimum Gasteiger partial charge on any atom is -0.462 e. The highest BCUT2D eigenvalue weighted by Gasteiger charge is 2.41. The number of para-hydroxylation sites is 1. The molecule has 0 saturated heterocycles. The summed E-state index contributed by atoms with van der Waals surface area (Å²) in [6, 6.07) is 15.1. The molecule has 39 heavy (non-hydrogen) atoms. The number of carbonyl (C=O) groups excluding carboxylic acids is 2. The van der Waals surface area contributed by atoms with Crippen molar-refractivity contribution in [2.45, 2.75) is 26.6 Å². The number of nitriles is 1. The van der Waals surface area contributed by atoms with Gasteiger partial charge in [0, 0.05) is 17.4 Å². The third kappa shape index (κ3) is 5.93. The minimum absolute atomic E-state index is 0.129. The molecule has 4 aromatic rings. The maximum atomic E-state index is 12.8. The first-order valence-corrected chi connectivity index (χ1v) is 11.6. The van der Waals surface area contributed by atoms with E-state index in [0.29, 0.717) is 28.2 Å². The lowest BCUT2D eigenvalue weighted by Gasteiger charge is -2.16. The molecular weight excluding hydrogens is 517 g/mol. The molecule has 200 valence electrons. The minimum atomic E-state index is -5.16. The Bertz CT molecular complexity index is 1580. The van der Waals surface area contributed by atoms with E-state index < -0.39 is 24.7 Å². The van der Waals surface area contributed by atoms with E-state index in [4.69, 9.17) is 9.47 Å². The largest absolute Gasteiger partial charge is 0.490 e. The van der Waals surface area contributed by atoms with Gasteiger partial charge in [0.1, 0.15) is 24.2 Å². The second-order valence-corrected chi connectivity index (χ2v) is 8.16. The summed E-state index contributed by atoms with van der Waals surface area (Å²) >= 11 is 0. The third-order valence-corrected chi connectivity index (χ3v) is 5.56. The first kappa shape index (κ1) is 27.0. The van der Waals surface area contributed by atoms with Crippen LogP contribution >= 0.6 is 0 Å². The van der Waals surface area contributed by atoms with Gasteiger partial charge in [-0.15, -0.1) is 0 Å². The van der Waals surface area contributed by atoms with E-state index in [1.54, 1.807) is 50.2 Å². The van der Waals surface area contributed by atoms with Gasteiger partial charge in [-0.1, -0.05) is 18.2 Å². The first-order chi connectivity index (χ1) is 18.6. The number of nitrogens with one attached hydrogen (secondary N) is 1. The molecule has 0 bridgehead atoms. The van der Waals surface area contributed by atoms with Crippen molar-refractivity contribution in [2.75, 3.05) is 11.9 Å². The van der Waals surface area contributed by atoms with Crippen LogP contribution in [0, 0.1) is 18.3 Å². The molecule has 2 aromatic heterocycles. The average Bonchev–Trinajstić information content (AvgIpc) is 3.25. The van der Waals surface area contributed by atoms with Gasteiger partial charge in [0.15, 0.2) is 0 Å². The van der Waals surface area contributed by atoms with E-state index in [1.807, 2.05) is 6.07 Å². The molecule has 4 rings (SSSR count). The highest BCUT2D eigenvalue weighted by Crippen LogP contribution is 2.34. The van der Waals surface area contributed by atoms with Gasteiger partial charge < -0.3 is 19.5 Å². The summed E-state index contributed by atoms with van der Waals surface area (Å²) in [6.45, 7) is 2.79. The number of aromatic nitrogens is 2. The predicted octanol–water partition coefficient (Wildman–Crippen LogP) is 5.83. The van der Waals surface area contributed by atoms with Crippen LogP contribution in [-0.2, 0) is 20.9 Å². The van der Waals surface area contributed by atoms with E-state index in [0.717, 1.165) is 0 Å². The Hall–Kier alpha value is -5.05. The average molecular weight is 538 g/mol. The summed E-state index contributed by atoms with van der Waals surface area (Å²) in [7, 11) is 0. The van der Waals surface area contributed by atoms with Gasteiger partial charge in [-0.25, -0.2) is 14.1 Å². The van der Waals surface area contributed by atoms with Crippen LogP contribution in [0.5, 0.6) is 11.5 Å². The number of anilines is 2. The number of nitrogens with zero attached hydrogens (tertiary/aromatic N) is 3. The van der Waals surface area contributed by atoms with Crippen molar-refractivity contribution in [2.24, 2.45) is 0 Å². The lowest BCUT2D eigenvalue weighted by atomic mass is 10.1. The third-order valence-electron chi connectivity index (χ3n) is 5.56. The Balaban J connectivity index is 1.74. The van der Waals surface area contributed by atoms with Crippen molar-refractivity contribution >= 4 is 28.8 Å². The number of fused-ring (bicyclic) bond motifs is 1. The highest BCUT2D eigenvalue weighted by atomic mass is 19.4. The topological polar surface area (TPSA) is 115 Å². The van der Waals surface area contributed by atoms with Crippen LogP contribution in [0.4, 0.5) is 24.5 Å². The number of aryl methyl sites for hydroxylation is 1. The molecule has 0 aliphatic heterocycles. The van der Waals surface area contributed by atoms with Crippen LogP contribution in [-0.4, -0.2) is 34.3 Å². The maximum Gasteiger partial charge on any atom is 0.490 e. The number of hydrogen-bond acceptors (Lipinski definition) is 8. The van der Waals surface area contributed by atoms with E-state index in [2.05, 4.69) is 15.2 Å². The highest BCUT2D eigenvalue weighted by molar-refractivity contribution is 5.97. The van der Waals surface area contributed by atoms with Gasteiger partial charge in [0.05, 0.1) is 35.1 Å². The summed E-state index contributed by atoms with van der Waals surface area (Å²) in [4.78, 5) is 23.8. The van der Waals surface area contributed by atoms with Crippen molar-refractivity contribution in [1.29, 1.82) is 5.26 Å². The van der Waals surface area contributed by atoms with Gasteiger partial charge >= 0.3 is 18.1 Å². The summed E-state index contributed by atoms with van der Waals surface area (Å²) in [5.74, 6) is -2.32. The Morgan fingerprint density at radius 1 is 1.13 bits per heavy atom. The molecule has 2 aromatic carbocycles. The Morgan fingerprint density at radius 2 is 1.87 bits per heavy atom. The van der Waals surface area contributed by atoms with Gasteiger partial charge in [0.25, 0.3) is 0 Å². The van der Waals surface area contributed by atoms with Gasteiger partial charge in [-0.2, -0.15) is 23.5 Å². The molecule has 2 heterocycles. The zero-order valence-electron chi connectivity index (χ0n) is 20.7. The number of hydrogen-bond donors (Lipinski definition) is 1. The molecule has 0 fully saturated rings. The van der Waals surface area contributed by atoms with Crippen molar-refractivity contribution in [3.8, 4) is 17.6 Å². The summed E-state index contributed by atoms with van der Waals surface area (Å²) in [6.07, 6.45) is -2.37. The molecule has 0 radical (unpaired) electrons. The number of alkyl halides is 3. The normalized spacial score (nSPS) is 11.1. The van der Waals surface area contributed by atoms with Crippen LogP contribution in [0.25, 0.3) is 5.52 Å². The SMILES string of the molecule is CCOC(=O)c1cn2ncc(C#N)c(Nc3ccc(Oc4ccccc4)c(COC(=O)C(F)(F)F)c3)c2c1C. The van der Waals surface area contributed by atoms with Crippen molar-refractivity contribution in [3.05, 3.63) is 83.2 Å². The monoisotopic (exact) mass is 538 g/mol. The van der Waals surface area contributed by atoms with Crippen LogP contribution in [0.15, 0.2) is 60.9 Å². The second kappa shape index (κ2) is 11.1. The Labute approximate surface area is 220 Å². The fourth-order valence-corrected chi connectivity index (χ4v) is 3.77. The maximum absolute atomic E-state index is 12.8. The number of carbonyl (C=O) groups is 2. The van der Waals surface area contributed by atoms with Crippen LogP contribution in [0.1, 0.15) is 34.0 Å². The first-order valence-electron chi connectivity index (χ1n) is 11.6. The van der Waals surface area contributed by atoms with Crippen LogP contribution in [0.2, 0.25) is 0 Å². The number of ether oxygens (including phenoxy) is 3. The summed E-state index contributed by atoms with van der Waals surface area (Å²) in [5.41, 5.74) is 2.11. The van der Waals surface area contributed by atoms with Gasteiger partial charge in [-0.05, 0) is 49.7 Å². The zero-order valence-corrected chi connectivity index (χ0v) is 20.7. The summed E-state index contributed by atoms with van der Waals surface area (Å²) < 4.78 is 55.1. The smallest absolute Gasteiger partial charge is 0.462 e. The van der Waals surface area contributed by atoms with Crippen LogP contribution < -0.4 is 10.1 Å². The van der Waals surface area contributed by atoms with E-state index >= 15 is 0 Å². The van der Waals surface area contributed by atoms with Gasteiger partial charge in [0.2, 0.25) is 0 Å². The second-order valence-electron chi connectivity index (χ2n) is 8.16. The lowest BCUT2D eigenvalue weighted by molar-refractivity contribution is -0.201. The van der Waals surface area contributed by atoms with Crippen molar-refractivity contribution in [3.63, 3.8) is 0 Å². The lowest BCUT2D eigenvalue weighted by Crippen LogP contribution is -2.25. The van der Waals surface area contributed by atoms with E-state index in [1.165, 1.54) is 29.0 Å². The number of benzene rings is 2. The molecule has 0 unspecified atom stereocenters.